The highest BCUT2D eigenvalue weighted by atomic mass is 79.9. The highest BCUT2D eigenvalue weighted by Gasteiger charge is 2.57. The lowest BCUT2D eigenvalue weighted by atomic mass is 9.74. The molecule has 1 fully saturated rings. The molecule has 1 saturated heterocycles. The lowest BCUT2D eigenvalue weighted by molar-refractivity contribution is -0.151. The number of hydrogen-bond donors (Lipinski definition) is 4. The molecule has 0 bridgehead atoms. The van der Waals surface area contributed by atoms with Crippen molar-refractivity contribution in [1.82, 2.24) is 9.80 Å². The number of imide groups is 2. The number of amidine groups is 2. The van der Waals surface area contributed by atoms with Gasteiger partial charge in [0.25, 0.3) is 11.8 Å². The van der Waals surface area contributed by atoms with E-state index in [4.69, 9.17) is 22.3 Å². The third kappa shape index (κ3) is 5.53. The molecular weight excluding hydrogens is 548 g/mol. The summed E-state index contributed by atoms with van der Waals surface area (Å²) < 4.78 is 0. The first-order chi connectivity index (χ1) is 12.8. The Labute approximate surface area is 197 Å². The normalized spacial score (nSPS) is 18.7. The van der Waals surface area contributed by atoms with Crippen molar-refractivity contribution < 1.29 is 14.4 Å². The Morgan fingerprint density at radius 2 is 1.34 bits per heavy atom. The van der Waals surface area contributed by atoms with Gasteiger partial charge in [-0.25, -0.2) is 4.79 Å². The van der Waals surface area contributed by atoms with E-state index >= 15 is 0 Å². The molecule has 0 aliphatic carbocycles. The number of benzene rings is 1. The molecule has 0 radical (unpaired) electrons. The third-order valence-corrected chi connectivity index (χ3v) is 5.57. The predicted molar refractivity (Wildman–Crippen MR) is 127 cm³/mol. The molecule has 2 rings (SSSR count). The maximum absolute atomic E-state index is 13.3. The number of rotatable bonds is 6. The molecule has 29 heavy (non-hydrogen) atoms. The fraction of sp³-hybridized carbons (Fsp3) is 0.312. The van der Waals surface area contributed by atoms with Gasteiger partial charge < -0.3 is 11.5 Å². The highest BCUT2D eigenvalue weighted by molar-refractivity contribution is 8.93. The fourth-order valence-corrected chi connectivity index (χ4v) is 3.84. The largest absolute Gasteiger partial charge is 0.379 e. The smallest absolute Gasteiger partial charge is 0.335 e. The average Bonchev–Trinajstić information content (AvgIpc) is 2.62. The van der Waals surface area contributed by atoms with Crippen molar-refractivity contribution in [3.8, 4) is 0 Å². The maximum Gasteiger partial charge on any atom is 0.335 e. The number of nitrogens with one attached hydrogen (secondary N) is 2. The van der Waals surface area contributed by atoms with Crippen molar-refractivity contribution in [2.75, 3.05) is 11.8 Å². The van der Waals surface area contributed by atoms with E-state index in [2.05, 4.69) is 0 Å². The first-order valence-corrected chi connectivity index (χ1v) is 9.89. The van der Waals surface area contributed by atoms with E-state index < -0.39 is 23.3 Å². The average molecular weight is 570 g/mol. The van der Waals surface area contributed by atoms with Crippen LogP contribution in [0.15, 0.2) is 30.3 Å². The molecule has 6 N–H and O–H groups in total. The third-order valence-electron chi connectivity index (χ3n) is 4.18. The minimum atomic E-state index is -1.57. The SMILES string of the molecule is Br.Br.CCC1(c2ccccc2)C(=O)N(CSC(=N)N)C(=O)N(CSC(=N)N)C1=O. The minimum absolute atomic E-state index is 0. The standard InChI is InChI=1S/C16H20N6O3S2.2BrH/c1-2-16(10-6-4-3-5-7-10)11(23)21(8-26-13(17)18)15(25)22(12(16)24)9-27-14(19)20;;/h3-7H,2,8-9H2,1H3,(H3,17,18)(H3,19,20);2*1H. The van der Waals surface area contributed by atoms with Crippen LogP contribution in [-0.4, -0.2) is 49.7 Å². The Morgan fingerprint density at radius 1 is 0.931 bits per heavy atom. The molecule has 9 nitrogen and oxygen atoms in total. The zero-order valence-electron chi connectivity index (χ0n) is 15.4. The second-order valence-electron chi connectivity index (χ2n) is 5.65. The number of hydrogen-bond acceptors (Lipinski definition) is 7. The number of urea groups is 1. The van der Waals surface area contributed by atoms with Gasteiger partial charge >= 0.3 is 6.03 Å². The molecule has 4 amide bonds. The van der Waals surface area contributed by atoms with Gasteiger partial charge in [-0.2, -0.15) is 0 Å². The molecule has 1 heterocycles. The first-order valence-electron chi connectivity index (χ1n) is 7.92. The van der Waals surface area contributed by atoms with E-state index in [9.17, 15) is 14.4 Å². The quantitative estimate of drug-likeness (QED) is 0.233. The molecule has 1 aliphatic heterocycles. The Kier molecular flexibility index (Phi) is 10.9. The van der Waals surface area contributed by atoms with E-state index in [1.165, 1.54) is 0 Å². The summed E-state index contributed by atoms with van der Waals surface area (Å²) in [5.41, 5.74) is 9.59. The molecule has 1 aliphatic rings. The van der Waals surface area contributed by atoms with Crippen LogP contribution < -0.4 is 11.5 Å². The zero-order valence-corrected chi connectivity index (χ0v) is 20.5. The number of carbonyl (C=O) groups is 3. The van der Waals surface area contributed by atoms with E-state index in [1.54, 1.807) is 37.3 Å². The molecule has 1 aromatic rings. The van der Waals surface area contributed by atoms with Crippen molar-refractivity contribution in [1.29, 1.82) is 10.8 Å². The number of barbiturate groups is 1. The molecular formula is C16H22Br2N6O3S2. The van der Waals surface area contributed by atoms with Crippen LogP contribution >= 0.6 is 57.5 Å². The van der Waals surface area contributed by atoms with E-state index in [0.29, 0.717) is 5.56 Å². The summed E-state index contributed by atoms with van der Waals surface area (Å²) in [6, 6.07) is 7.72. The number of nitrogens with two attached hydrogens (primary N) is 2. The zero-order chi connectivity index (χ0) is 20.2. The van der Waals surface area contributed by atoms with E-state index in [0.717, 1.165) is 33.3 Å². The second kappa shape index (κ2) is 11.6. The summed E-state index contributed by atoms with van der Waals surface area (Å²) in [5, 5.41) is 14.2. The molecule has 1 aromatic carbocycles. The van der Waals surface area contributed by atoms with Crippen LogP contribution in [0.2, 0.25) is 0 Å². The number of amides is 4. The summed E-state index contributed by atoms with van der Waals surface area (Å²) in [7, 11) is 0. The molecule has 13 heteroatoms. The number of carbonyl (C=O) groups excluding carboxylic acids is 3. The Hall–Kier alpha value is -1.57. The van der Waals surface area contributed by atoms with Gasteiger partial charge in [-0.3, -0.25) is 30.2 Å². The Morgan fingerprint density at radius 3 is 1.69 bits per heavy atom. The van der Waals surface area contributed by atoms with Gasteiger partial charge in [-0.05, 0) is 12.0 Å². The van der Waals surface area contributed by atoms with Crippen molar-refractivity contribution in [3.63, 3.8) is 0 Å². The topological polar surface area (TPSA) is 157 Å². The maximum atomic E-state index is 13.3. The molecule has 0 atom stereocenters. The highest BCUT2D eigenvalue weighted by Crippen LogP contribution is 2.37. The molecule has 0 aromatic heterocycles. The molecule has 0 unspecified atom stereocenters. The predicted octanol–water partition coefficient (Wildman–Crippen LogP) is 2.45. The van der Waals surface area contributed by atoms with Crippen molar-refractivity contribution in [2.45, 2.75) is 18.8 Å². The summed E-state index contributed by atoms with van der Waals surface area (Å²) in [4.78, 5) is 41.1. The molecule has 0 saturated carbocycles. The monoisotopic (exact) mass is 568 g/mol. The van der Waals surface area contributed by atoms with Crippen molar-refractivity contribution >= 4 is 85.7 Å². The summed E-state index contributed by atoms with van der Waals surface area (Å²) in [6.07, 6.45) is 0.143. The lowest BCUT2D eigenvalue weighted by Gasteiger charge is -2.43. The number of halogens is 2. The second-order valence-corrected chi connectivity index (χ2v) is 7.62. The summed E-state index contributed by atoms with van der Waals surface area (Å²) in [6.45, 7) is 1.70. The van der Waals surface area contributed by atoms with Crippen LogP contribution in [0.5, 0.6) is 0 Å². The van der Waals surface area contributed by atoms with Gasteiger partial charge in [-0.1, -0.05) is 60.8 Å². The van der Waals surface area contributed by atoms with Crippen LogP contribution in [0.1, 0.15) is 18.9 Å². The van der Waals surface area contributed by atoms with Gasteiger partial charge in [0.2, 0.25) is 0 Å². The summed E-state index contributed by atoms with van der Waals surface area (Å²) in [5.74, 6) is -1.67. The number of thioether (sulfide) groups is 2. The van der Waals surface area contributed by atoms with E-state index in [1.807, 2.05) is 0 Å². The Bertz CT molecular complexity index is 756. The van der Waals surface area contributed by atoms with Crippen LogP contribution in [-0.2, 0) is 15.0 Å². The van der Waals surface area contributed by atoms with Crippen LogP contribution in [0.3, 0.4) is 0 Å². The Balaban J connectivity index is 0.00000392. The van der Waals surface area contributed by atoms with E-state index in [-0.39, 0.29) is 62.5 Å². The van der Waals surface area contributed by atoms with Crippen LogP contribution in [0, 0.1) is 10.8 Å². The van der Waals surface area contributed by atoms with Gasteiger partial charge in [0, 0.05) is 0 Å². The van der Waals surface area contributed by atoms with Gasteiger partial charge in [-0.15, -0.1) is 34.0 Å². The van der Waals surface area contributed by atoms with Crippen LogP contribution in [0.25, 0.3) is 0 Å². The van der Waals surface area contributed by atoms with Crippen LogP contribution in [0.4, 0.5) is 4.79 Å². The molecule has 160 valence electrons. The molecule has 0 spiro atoms. The summed E-state index contributed by atoms with van der Waals surface area (Å²) >= 11 is 1.63. The van der Waals surface area contributed by atoms with Crippen molar-refractivity contribution in [3.05, 3.63) is 35.9 Å². The fourth-order valence-electron chi connectivity index (χ4n) is 2.84. The first kappa shape index (κ1) is 27.4. The minimum Gasteiger partial charge on any atom is -0.379 e. The van der Waals surface area contributed by atoms with Gasteiger partial charge in [0.15, 0.2) is 15.8 Å². The van der Waals surface area contributed by atoms with Gasteiger partial charge in [0.1, 0.15) is 0 Å². The van der Waals surface area contributed by atoms with Crippen molar-refractivity contribution in [2.24, 2.45) is 11.5 Å². The number of nitrogens with zero attached hydrogens (tertiary/aromatic N) is 2. The van der Waals surface area contributed by atoms with Gasteiger partial charge in [0.05, 0.1) is 11.8 Å². The lowest BCUT2D eigenvalue weighted by Crippen LogP contribution is -2.66.